The Morgan fingerprint density at radius 1 is 1.19 bits per heavy atom. The van der Waals surface area contributed by atoms with E-state index < -0.39 is 11.7 Å². The zero-order chi connectivity index (χ0) is 15.0. The lowest BCUT2D eigenvalue weighted by atomic mass is 10.1. The Morgan fingerprint density at radius 2 is 1.90 bits per heavy atom. The van der Waals surface area contributed by atoms with Crippen LogP contribution < -0.4 is 5.73 Å². The molecule has 1 aliphatic rings. The molecule has 1 unspecified atom stereocenters. The summed E-state index contributed by atoms with van der Waals surface area (Å²) in [4.78, 5) is 0. The highest BCUT2D eigenvalue weighted by molar-refractivity contribution is 5.26. The van der Waals surface area contributed by atoms with Gasteiger partial charge in [-0.2, -0.15) is 13.2 Å². The first-order chi connectivity index (χ1) is 9.93. The average Bonchev–Trinajstić information content (AvgIpc) is 2.81. The fraction of sp³-hybridized carbons (Fsp3) is 0.429. The van der Waals surface area contributed by atoms with E-state index in [4.69, 9.17) is 5.73 Å². The van der Waals surface area contributed by atoms with Gasteiger partial charge in [-0.05, 0) is 24.1 Å². The molecule has 0 amide bonds. The number of hydrogen-bond donors (Lipinski definition) is 1. The second-order valence-corrected chi connectivity index (χ2v) is 5.31. The minimum Gasteiger partial charge on any atom is -0.326 e. The number of alkyl halides is 3. The number of hydrogen-bond acceptors (Lipinski definition) is 3. The Labute approximate surface area is 119 Å². The van der Waals surface area contributed by atoms with Crippen molar-refractivity contribution in [3.63, 3.8) is 0 Å². The smallest absolute Gasteiger partial charge is 0.326 e. The maximum absolute atomic E-state index is 12.5. The number of aromatic nitrogens is 3. The molecule has 0 bridgehead atoms. The van der Waals surface area contributed by atoms with Gasteiger partial charge >= 0.3 is 6.18 Å². The summed E-state index contributed by atoms with van der Waals surface area (Å²) in [5, 5.41) is 8.26. The molecular weight excluding hydrogens is 281 g/mol. The topological polar surface area (TPSA) is 56.7 Å². The highest BCUT2D eigenvalue weighted by Gasteiger charge is 2.30. The van der Waals surface area contributed by atoms with E-state index in [9.17, 15) is 13.2 Å². The molecule has 2 heterocycles. The third-order valence-electron chi connectivity index (χ3n) is 3.70. The summed E-state index contributed by atoms with van der Waals surface area (Å²) < 4.78 is 39.6. The van der Waals surface area contributed by atoms with Gasteiger partial charge < -0.3 is 10.3 Å². The summed E-state index contributed by atoms with van der Waals surface area (Å²) in [6.07, 6.45) is -2.17. The van der Waals surface area contributed by atoms with E-state index >= 15 is 0 Å². The van der Waals surface area contributed by atoms with E-state index in [1.165, 1.54) is 12.1 Å². The van der Waals surface area contributed by atoms with Crippen molar-refractivity contribution in [3.05, 3.63) is 47.0 Å². The Balaban J connectivity index is 1.80. The van der Waals surface area contributed by atoms with Crippen LogP contribution in [0.4, 0.5) is 13.2 Å². The van der Waals surface area contributed by atoms with Gasteiger partial charge in [0.05, 0.1) is 5.56 Å². The Kier molecular flexibility index (Phi) is 3.44. The van der Waals surface area contributed by atoms with Gasteiger partial charge in [0.25, 0.3) is 0 Å². The molecule has 0 fully saturated rings. The number of fused-ring (bicyclic) bond motifs is 1. The Bertz CT molecular complexity index is 631. The van der Waals surface area contributed by atoms with Crippen molar-refractivity contribution in [3.8, 4) is 0 Å². The van der Waals surface area contributed by atoms with Crippen LogP contribution in [0.25, 0.3) is 0 Å². The molecule has 2 N–H and O–H groups in total. The van der Waals surface area contributed by atoms with Crippen molar-refractivity contribution >= 4 is 0 Å². The van der Waals surface area contributed by atoms with Crippen LogP contribution in [-0.2, 0) is 25.6 Å². The van der Waals surface area contributed by atoms with E-state index in [2.05, 4.69) is 10.2 Å². The fourth-order valence-electron chi connectivity index (χ4n) is 2.53. The monoisotopic (exact) mass is 296 g/mol. The third-order valence-corrected chi connectivity index (χ3v) is 3.70. The summed E-state index contributed by atoms with van der Waals surface area (Å²) in [5.41, 5.74) is 6.07. The van der Waals surface area contributed by atoms with E-state index in [-0.39, 0.29) is 6.04 Å². The molecule has 21 heavy (non-hydrogen) atoms. The fourth-order valence-corrected chi connectivity index (χ4v) is 2.53. The van der Waals surface area contributed by atoms with Gasteiger partial charge in [-0.1, -0.05) is 12.1 Å². The molecule has 0 radical (unpaired) electrons. The highest BCUT2D eigenvalue weighted by Crippen LogP contribution is 2.29. The van der Waals surface area contributed by atoms with Gasteiger partial charge in [-0.25, -0.2) is 0 Å². The maximum atomic E-state index is 12.5. The van der Waals surface area contributed by atoms with Crippen molar-refractivity contribution in [1.29, 1.82) is 0 Å². The van der Waals surface area contributed by atoms with Crippen molar-refractivity contribution in [2.45, 2.75) is 38.0 Å². The molecular formula is C14H15F3N4. The molecule has 1 aromatic carbocycles. The number of nitrogens with two attached hydrogens (primary N) is 1. The molecule has 4 nitrogen and oxygen atoms in total. The van der Waals surface area contributed by atoms with Crippen LogP contribution in [0.3, 0.4) is 0 Å². The lowest BCUT2D eigenvalue weighted by molar-refractivity contribution is -0.137. The summed E-state index contributed by atoms with van der Waals surface area (Å²) in [7, 11) is 0. The lowest BCUT2D eigenvalue weighted by Gasteiger charge is -2.20. The molecule has 0 saturated carbocycles. The normalized spacial score (nSPS) is 18.6. The first-order valence-electron chi connectivity index (χ1n) is 6.76. The molecule has 7 heteroatoms. The lowest BCUT2D eigenvalue weighted by Crippen LogP contribution is -2.32. The van der Waals surface area contributed by atoms with E-state index in [0.717, 1.165) is 42.2 Å². The quantitative estimate of drug-likeness (QED) is 0.924. The minimum atomic E-state index is -4.31. The van der Waals surface area contributed by atoms with Gasteiger partial charge in [0.15, 0.2) is 0 Å². The Morgan fingerprint density at radius 3 is 2.57 bits per heavy atom. The zero-order valence-electron chi connectivity index (χ0n) is 11.3. The molecule has 0 aliphatic carbocycles. The maximum Gasteiger partial charge on any atom is 0.416 e. The van der Waals surface area contributed by atoms with Crippen molar-refractivity contribution in [2.24, 2.45) is 5.73 Å². The number of benzene rings is 1. The van der Waals surface area contributed by atoms with Crippen LogP contribution in [0.1, 0.15) is 29.2 Å². The SMILES string of the molecule is NC1CCc2nnc(Cc3ccc(C(F)(F)F)cc3)n2C1. The summed E-state index contributed by atoms with van der Waals surface area (Å²) in [6.45, 7) is 0.665. The molecule has 2 aromatic rings. The first kappa shape index (κ1) is 14.1. The summed E-state index contributed by atoms with van der Waals surface area (Å²) in [5.74, 6) is 1.65. The Hall–Kier alpha value is -1.89. The van der Waals surface area contributed by atoms with Gasteiger partial charge in [0.2, 0.25) is 0 Å². The summed E-state index contributed by atoms with van der Waals surface area (Å²) in [6, 6.07) is 5.23. The van der Waals surface area contributed by atoms with Crippen molar-refractivity contribution < 1.29 is 13.2 Å². The molecule has 1 atom stereocenters. The second-order valence-electron chi connectivity index (χ2n) is 5.31. The number of aryl methyl sites for hydroxylation is 1. The van der Waals surface area contributed by atoms with Gasteiger partial charge in [0, 0.05) is 25.4 Å². The predicted octanol–water partition coefficient (Wildman–Crippen LogP) is 2.16. The summed E-state index contributed by atoms with van der Waals surface area (Å²) >= 11 is 0. The molecule has 1 aromatic heterocycles. The number of nitrogens with zero attached hydrogens (tertiary/aromatic N) is 3. The first-order valence-corrected chi connectivity index (χ1v) is 6.76. The second kappa shape index (κ2) is 5.14. The minimum absolute atomic E-state index is 0.0832. The third kappa shape index (κ3) is 2.92. The standard InChI is InChI=1S/C14H15F3N4/c15-14(16,17)10-3-1-9(2-4-10)7-13-20-19-12-6-5-11(18)8-21(12)13/h1-4,11H,5-8,18H2. The molecule has 0 saturated heterocycles. The largest absolute Gasteiger partial charge is 0.416 e. The number of rotatable bonds is 2. The van der Waals surface area contributed by atoms with E-state index in [1.54, 1.807) is 0 Å². The predicted molar refractivity (Wildman–Crippen MR) is 70.6 cm³/mol. The molecule has 112 valence electrons. The van der Waals surface area contributed by atoms with Crippen LogP contribution in [0, 0.1) is 0 Å². The van der Waals surface area contributed by atoms with Gasteiger partial charge in [-0.15, -0.1) is 10.2 Å². The van der Waals surface area contributed by atoms with Gasteiger partial charge in [-0.3, -0.25) is 0 Å². The number of halogens is 3. The van der Waals surface area contributed by atoms with Crippen LogP contribution in [0.5, 0.6) is 0 Å². The zero-order valence-corrected chi connectivity index (χ0v) is 11.3. The van der Waals surface area contributed by atoms with Crippen LogP contribution in [0.2, 0.25) is 0 Å². The molecule has 1 aliphatic heterocycles. The molecule has 0 spiro atoms. The van der Waals surface area contributed by atoms with Crippen LogP contribution in [-0.4, -0.2) is 20.8 Å². The van der Waals surface area contributed by atoms with Crippen LogP contribution >= 0.6 is 0 Å². The van der Waals surface area contributed by atoms with Crippen molar-refractivity contribution in [2.75, 3.05) is 0 Å². The van der Waals surface area contributed by atoms with Crippen LogP contribution in [0.15, 0.2) is 24.3 Å². The average molecular weight is 296 g/mol. The highest BCUT2D eigenvalue weighted by atomic mass is 19.4. The van der Waals surface area contributed by atoms with E-state index in [0.29, 0.717) is 13.0 Å². The van der Waals surface area contributed by atoms with Gasteiger partial charge in [0.1, 0.15) is 11.6 Å². The molecule has 3 rings (SSSR count). The van der Waals surface area contributed by atoms with Crippen molar-refractivity contribution in [1.82, 2.24) is 14.8 Å². The van der Waals surface area contributed by atoms with E-state index in [1.807, 2.05) is 4.57 Å².